The lowest BCUT2D eigenvalue weighted by Crippen LogP contribution is -1.93. The third-order valence-electron chi connectivity index (χ3n) is 11.5. The normalized spacial score (nSPS) is 11.4. The molecule has 2 N–H and O–H groups in total. The molecule has 0 saturated heterocycles. The van der Waals surface area contributed by atoms with Crippen molar-refractivity contribution in [1.29, 1.82) is 0 Å². The molecule has 0 bridgehead atoms. The van der Waals surface area contributed by atoms with E-state index in [1.54, 1.807) is 6.07 Å². The second-order valence-corrected chi connectivity index (χ2v) is 15.8. The summed E-state index contributed by atoms with van der Waals surface area (Å²) in [5.41, 5.74) is 6.44. The molecular formula is C52H66O2. The van der Waals surface area contributed by atoms with E-state index in [1.807, 2.05) is 30.3 Å². The lowest BCUT2D eigenvalue weighted by Gasteiger charge is -2.18. The van der Waals surface area contributed by atoms with E-state index in [9.17, 15) is 10.2 Å². The summed E-state index contributed by atoms with van der Waals surface area (Å²) in [6.07, 6.45) is 34.4. The zero-order valence-corrected chi connectivity index (χ0v) is 33.5. The Labute approximate surface area is 327 Å². The van der Waals surface area contributed by atoms with Crippen LogP contribution in [0.15, 0.2) is 78.9 Å². The van der Waals surface area contributed by atoms with Crippen LogP contribution in [0, 0.1) is 12.3 Å². The van der Waals surface area contributed by atoms with E-state index < -0.39 is 0 Å². The number of benzene rings is 5. The Morgan fingerprint density at radius 1 is 0.463 bits per heavy atom. The van der Waals surface area contributed by atoms with Crippen LogP contribution in [0.3, 0.4) is 0 Å². The van der Waals surface area contributed by atoms with Crippen molar-refractivity contribution < 1.29 is 10.2 Å². The molecule has 5 aromatic rings. The van der Waals surface area contributed by atoms with Crippen LogP contribution in [-0.2, 0) is 12.8 Å². The van der Waals surface area contributed by atoms with Gasteiger partial charge in [0, 0.05) is 22.3 Å². The monoisotopic (exact) mass is 723 g/mol. The van der Waals surface area contributed by atoms with Gasteiger partial charge in [0.1, 0.15) is 11.5 Å². The van der Waals surface area contributed by atoms with Crippen LogP contribution in [0.4, 0.5) is 0 Å². The van der Waals surface area contributed by atoms with Crippen molar-refractivity contribution in [2.45, 2.75) is 155 Å². The lowest BCUT2D eigenvalue weighted by molar-refractivity contribution is 0.471. The van der Waals surface area contributed by atoms with Gasteiger partial charge < -0.3 is 10.2 Å². The Bertz CT molecular complexity index is 1930. The number of aromatic hydroxyl groups is 2. The highest BCUT2D eigenvalue weighted by atomic mass is 16.3. The molecule has 0 spiro atoms. The van der Waals surface area contributed by atoms with Gasteiger partial charge >= 0.3 is 0 Å². The van der Waals surface area contributed by atoms with Crippen molar-refractivity contribution in [3.63, 3.8) is 0 Å². The zero-order chi connectivity index (χ0) is 38.0. The van der Waals surface area contributed by atoms with E-state index in [1.165, 1.54) is 140 Å². The summed E-state index contributed by atoms with van der Waals surface area (Å²) in [5, 5.41) is 27.7. The van der Waals surface area contributed by atoms with Crippen LogP contribution < -0.4 is 0 Å². The molecule has 0 unspecified atom stereocenters. The van der Waals surface area contributed by atoms with Gasteiger partial charge in [0.15, 0.2) is 0 Å². The fraction of sp³-hybridized carbons (Fsp3) is 0.462. The van der Waals surface area contributed by atoms with Crippen LogP contribution in [0.2, 0.25) is 0 Å². The summed E-state index contributed by atoms with van der Waals surface area (Å²) in [4.78, 5) is 0. The Morgan fingerprint density at radius 3 is 1.43 bits per heavy atom. The van der Waals surface area contributed by atoms with E-state index in [-0.39, 0.29) is 11.5 Å². The van der Waals surface area contributed by atoms with E-state index in [0.29, 0.717) is 11.1 Å². The first-order valence-corrected chi connectivity index (χ1v) is 21.6. The maximum Gasteiger partial charge on any atom is 0.132 e. The van der Waals surface area contributed by atoms with Crippen LogP contribution in [0.5, 0.6) is 11.5 Å². The Morgan fingerprint density at radius 2 is 0.926 bits per heavy atom. The lowest BCUT2D eigenvalue weighted by atomic mass is 9.87. The quantitative estimate of drug-likeness (QED) is 0.0492. The molecule has 0 amide bonds. The highest BCUT2D eigenvalue weighted by molar-refractivity contribution is 6.12. The van der Waals surface area contributed by atoms with Crippen molar-refractivity contribution in [3.8, 4) is 46.1 Å². The highest BCUT2D eigenvalue weighted by Crippen LogP contribution is 2.49. The van der Waals surface area contributed by atoms with Gasteiger partial charge in [-0.15, -0.1) is 6.42 Å². The molecule has 0 saturated carbocycles. The highest BCUT2D eigenvalue weighted by Gasteiger charge is 2.21. The van der Waals surface area contributed by atoms with Gasteiger partial charge in [-0.3, -0.25) is 0 Å². The SMILES string of the molecule is C#Cc1ccc(-c2cc3cc(CCCCCCCCCCCC)ccc3c(-c3c(O)ccc4cc(CCCCCCCCCCCC)ccc34)c2O)cc1. The molecule has 5 rings (SSSR count). The Hall–Kier alpha value is -4.22. The third-order valence-corrected chi connectivity index (χ3v) is 11.5. The average Bonchev–Trinajstić information content (AvgIpc) is 3.19. The minimum absolute atomic E-state index is 0.177. The molecule has 0 aliphatic carbocycles. The van der Waals surface area contributed by atoms with Crippen molar-refractivity contribution in [2.75, 3.05) is 0 Å². The second-order valence-electron chi connectivity index (χ2n) is 15.8. The molecule has 0 radical (unpaired) electrons. The number of phenols is 2. The second kappa shape index (κ2) is 22.2. The van der Waals surface area contributed by atoms with E-state index in [2.05, 4.69) is 62.2 Å². The molecule has 0 aliphatic rings. The van der Waals surface area contributed by atoms with Crippen LogP contribution in [0.1, 0.15) is 159 Å². The van der Waals surface area contributed by atoms with Crippen molar-refractivity contribution >= 4 is 21.5 Å². The summed E-state index contributed by atoms with van der Waals surface area (Å²) in [7, 11) is 0. The number of fused-ring (bicyclic) bond motifs is 2. The van der Waals surface area contributed by atoms with Crippen LogP contribution >= 0.6 is 0 Å². The number of rotatable bonds is 24. The summed E-state index contributed by atoms with van der Waals surface area (Å²) >= 11 is 0. The van der Waals surface area contributed by atoms with Gasteiger partial charge in [-0.2, -0.15) is 0 Å². The zero-order valence-electron chi connectivity index (χ0n) is 33.5. The number of aryl methyl sites for hydroxylation is 2. The molecule has 0 aliphatic heterocycles. The van der Waals surface area contributed by atoms with Gasteiger partial charge in [0.2, 0.25) is 0 Å². The first-order chi connectivity index (χ1) is 26.5. The van der Waals surface area contributed by atoms with E-state index >= 15 is 0 Å². The number of hydrogen-bond donors (Lipinski definition) is 2. The largest absolute Gasteiger partial charge is 0.507 e. The molecule has 5 aromatic carbocycles. The maximum absolute atomic E-state index is 12.1. The fourth-order valence-corrected chi connectivity index (χ4v) is 8.24. The molecule has 286 valence electrons. The van der Waals surface area contributed by atoms with Gasteiger partial charge in [-0.25, -0.2) is 0 Å². The van der Waals surface area contributed by atoms with Crippen molar-refractivity contribution in [3.05, 3.63) is 95.6 Å². The van der Waals surface area contributed by atoms with Gasteiger partial charge in [-0.1, -0.05) is 190 Å². The molecule has 2 nitrogen and oxygen atoms in total. The number of hydrogen-bond acceptors (Lipinski definition) is 2. The predicted molar refractivity (Wildman–Crippen MR) is 235 cm³/mol. The summed E-state index contributed by atoms with van der Waals surface area (Å²) in [6.45, 7) is 4.56. The molecule has 0 heterocycles. The average molecular weight is 723 g/mol. The molecule has 0 atom stereocenters. The van der Waals surface area contributed by atoms with Gasteiger partial charge in [-0.05, 0) is 88.2 Å². The summed E-state index contributed by atoms with van der Waals surface area (Å²) in [6, 6.07) is 27.0. The van der Waals surface area contributed by atoms with E-state index in [0.717, 1.165) is 51.1 Å². The first kappa shape index (κ1) is 41.0. The van der Waals surface area contributed by atoms with E-state index in [4.69, 9.17) is 6.42 Å². The minimum Gasteiger partial charge on any atom is -0.507 e. The number of unbranched alkanes of at least 4 members (excludes halogenated alkanes) is 18. The summed E-state index contributed by atoms with van der Waals surface area (Å²) < 4.78 is 0. The third kappa shape index (κ3) is 11.6. The topological polar surface area (TPSA) is 40.5 Å². The van der Waals surface area contributed by atoms with Crippen molar-refractivity contribution in [1.82, 2.24) is 0 Å². The number of terminal acetylenes is 1. The Kier molecular flexibility index (Phi) is 16.9. The maximum atomic E-state index is 12.1. The molecule has 0 fully saturated rings. The molecule has 54 heavy (non-hydrogen) atoms. The van der Waals surface area contributed by atoms with Crippen LogP contribution in [-0.4, -0.2) is 10.2 Å². The number of phenolic OH excluding ortho intramolecular Hbond substituents is 2. The fourth-order valence-electron chi connectivity index (χ4n) is 8.24. The Balaban J connectivity index is 1.35. The standard InChI is InChI=1S/C52H66O2/c1-4-7-9-11-13-15-17-19-21-23-25-41-29-34-46-44(37-41)33-36-49(53)50(46)51-47-35-30-42(26-24-22-20-18-16-14-12-10-8-5-2)38-45(47)39-48(52(51)54)43-31-27-40(6-3)28-32-43/h3,27-39,53-54H,4-5,7-26H2,1-2H3. The molecular weight excluding hydrogens is 657 g/mol. The molecule has 0 aromatic heterocycles. The van der Waals surface area contributed by atoms with Crippen LogP contribution in [0.25, 0.3) is 43.8 Å². The predicted octanol–water partition coefficient (Wildman–Crippen LogP) is 15.6. The van der Waals surface area contributed by atoms with Gasteiger partial charge in [0.25, 0.3) is 0 Å². The summed E-state index contributed by atoms with van der Waals surface area (Å²) in [5.74, 6) is 3.06. The van der Waals surface area contributed by atoms with Gasteiger partial charge in [0.05, 0.1) is 0 Å². The smallest absolute Gasteiger partial charge is 0.132 e. The minimum atomic E-state index is 0.177. The van der Waals surface area contributed by atoms with Crippen molar-refractivity contribution in [2.24, 2.45) is 0 Å². The first-order valence-electron chi connectivity index (χ1n) is 21.6. The molecule has 2 heteroatoms.